The number of halogens is 2. The van der Waals surface area contributed by atoms with Crippen molar-refractivity contribution in [2.45, 2.75) is 25.8 Å². The van der Waals surface area contributed by atoms with Gasteiger partial charge in [0.1, 0.15) is 17.7 Å². The Kier molecular flexibility index (Phi) is 4.76. The van der Waals surface area contributed by atoms with Crippen molar-refractivity contribution >= 4 is 11.9 Å². The summed E-state index contributed by atoms with van der Waals surface area (Å²) in [7, 11) is 0. The standard InChI is InChI=1S/C12H13F2NO3/c1-2-3-10(12(17)18)15-11(16)8-6-7(13)4-5-9(8)14/h4-6,10H,2-3H2,1H3,(H,15,16)(H,17,18)/t10-/m0/s1. The quantitative estimate of drug-likeness (QED) is 0.847. The zero-order valence-corrected chi connectivity index (χ0v) is 9.74. The highest BCUT2D eigenvalue weighted by atomic mass is 19.1. The maximum absolute atomic E-state index is 13.3. The molecule has 1 aromatic rings. The summed E-state index contributed by atoms with van der Waals surface area (Å²) < 4.78 is 26.2. The SMILES string of the molecule is CCC[C@H](NC(=O)c1cc(F)ccc1F)C(=O)O. The van der Waals surface area contributed by atoms with Gasteiger partial charge in [-0.25, -0.2) is 13.6 Å². The van der Waals surface area contributed by atoms with Crippen molar-refractivity contribution in [1.82, 2.24) is 5.32 Å². The average Bonchev–Trinajstić information content (AvgIpc) is 2.31. The first-order valence-electron chi connectivity index (χ1n) is 5.44. The number of carbonyl (C=O) groups is 2. The third-order valence-corrected chi connectivity index (χ3v) is 2.35. The summed E-state index contributed by atoms with van der Waals surface area (Å²) in [4.78, 5) is 22.5. The third kappa shape index (κ3) is 3.51. The van der Waals surface area contributed by atoms with Crippen LogP contribution in [0.2, 0.25) is 0 Å². The van der Waals surface area contributed by atoms with Gasteiger partial charge in [0.25, 0.3) is 5.91 Å². The Morgan fingerprint density at radius 2 is 2.06 bits per heavy atom. The van der Waals surface area contributed by atoms with Gasteiger partial charge in [-0.2, -0.15) is 0 Å². The van der Waals surface area contributed by atoms with Crippen LogP contribution in [0, 0.1) is 11.6 Å². The molecule has 4 nitrogen and oxygen atoms in total. The maximum Gasteiger partial charge on any atom is 0.326 e. The molecule has 0 radical (unpaired) electrons. The van der Waals surface area contributed by atoms with Gasteiger partial charge in [-0.1, -0.05) is 13.3 Å². The van der Waals surface area contributed by atoms with E-state index >= 15 is 0 Å². The first kappa shape index (κ1) is 14.1. The molecule has 0 saturated heterocycles. The Hall–Kier alpha value is -1.98. The zero-order valence-electron chi connectivity index (χ0n) is 9.74. The van der Waals surface area contributed by atoms with E-state index < -0.39 is 35.1 Å². The molecule has 0 saturated carbocycles. The number of amides is 1. The fourth-order valence-corrected chi connectivity index (χ4v) is 1.45. The molecule has 2 N–H and O–H groups in total. The number of carboxylic acids is 1. The number of rotatable bonds is 5. The van der Waals surface area contributed by atoms with Gasteiger partial charge in [0.2, 0.25) is 0 Å². The van der Waals surface area contributed by atoms with E-state index in [-0.39, 0.29) is 6.42 Å². The van der Waals surface area contributed by atoms with Crippen LogP contribution in [-0.2, 0) is 4.79 Å². The molecule has 0 heterocycles. The Labute approximate surface area is 103 Å². The topological polar surface area (TPSA) is 66.4 Å². The Balaban J connectivity index is 2.86. The van der Waals surface area contributed by atoms with Crippen LogP contribution in [0.3, 0.4) is 0 Å². The number of carboxylic acid groups (broad SMARTS) is 1. The summed E-state index contributed by atoms with van der Waals surface area (Å²) in [6, 6.07) is 1.33. The van der Waals surface area contributed by atoms with Crippen molar-refractivity contribution in [1.29, 1.82) is 0 Å². The first-order valence-corrected chi connectivity index (χ1v) is 5.44. The Bertz CT molecular complexity index is 463. The minimum atomic E-state index is -1.21. The lowest BCUT2D eigenvalue weighted by Crippen LogP contribution is -2.41. The molecule has 1 aromatic carbocycles. The molecule has 1 atom stereocenters. The summed E-state index contributed by atoms with van der Waals surface area (Å²) >= 11 is 0. The molecular weight excluding hydrogens is 244 g/mol. The molecule has 6 heteroatoms. The maximum atomic E-state index is 13.3. The molecule has 0 fully saturated rings. The molecule has 0 aliphatic rings. The fourth-order valence-electron chi connectivity index (χ4n) is 1.45. The second-order valence-corrected chi connectivity index (χ2v) is 3.78. The Morgan fingerprint density at radius 1 is 1.39 bits per heavy atom. The third-order valence-electron chi connectivity index (χ3n) is 2.35. The molecule has 0 bridgehead atoms. The van der Waals surface area contributed by atoms with Crippen molar-refractivity contribution in [3.63, 3.8) is 0 Å². The van der Waals surface area contributed by atoms with Crippen molar-refractivity contribution in [2.75, 3.05) is 0 Å². The summed E-state index contributed by atoms with van der Waals surface area (Å²) in [6.07, 6.45) is 0.765. The predicted octanol–water partition coefficient (Wildman–Crippen LogP) is 1.95. The van der Waals surface area contributed by atoms with Gasteiger partial charge in [-0.3, -0.25) is 4.79 Å². The van der Waals surface area contributed by atoms with Crippen LogP contribution < -0.4 is 5.32 Å². The second-order valence-electron chi connectivity index (χ2n) is 3.78. The lowest BCUT2D eigenvalue weighted by Gasteiger charge is -2.13. The number of benzene rings is 1. The molecular formula is C12H13F2NO3. The highest BCUT2D eigenvalue weighted by Gasteiger charge is 2.21. The molecule has 98 valence electrons. The molecule has 0 aliphatic heterocycles. The van der Waals surface area contributed by atoms with E-state index in [0.29, 0.717) is 6.42 Å². The predicted molar refractivity (Wildman–Crippen MR) is 60.2 cm³/mol. The minimum absolute atomic E-state index is 0.220. The zero-order chi connectivity index (χ0) is 13.7. The molecule has 0 aliphatic carbocycles. The van der Waals surface area contributed by atoms with Crippen LogP contribution in [-0.4, -0.2) is 23.0 Å². The number of aliphatic carboxylic acids is 1. The van der Waals surface area contributed by atoms with Crippen molar-refractivity contribution < 1.29 is 23.5 Å². The molecule has 1 rings (SSSR count). The van der Waals surface area contributed by atoms with Crippen LogP contribution in [0.1, 0.15) is 30.1 Å². The van der Waals surface area contributed by atoms with Crippen LogP contribution in [0.4, 0.5) is 8.78 Å². The van der Waals surface area contributed by atoms with E-state index in [9.17, 15) is 18.4 Å². The van der Waals surface area contributed by atoms with Gasteiger partial charge >= 0.3 is 5.97 Å². The monoisotopic (exact) mass is 257 g/mol. The van der Waals surface area contributed by atoms with Gasteiger partial charge in [-0.15, -0.1) is 0 Å². The van der Waals surface area contributed by atoms with Crippen molar-refractivity contribution in [3.8, 4) is 0 Å². The molecule has 0 spiro atoms. The largest absolute Gasteiger partial charge is 0.480 e. The Morgan fingerprint density at radius 3 is 2.61 bits per heavy atom. The summed E-state index contributed by atoms with van der Waals surface area (Å²) in [5.74, 6) is -3.80. The molecule has 0 unspecified atom stereocenters. The number of hydrogen-bond acceptors (Lipinski definition) is 2. The fraction of sp³-hybridized carbons (Fsp3) is 0.333. The summed E-state index contributed by atoms with van der Waals surface area (Å²) in [5, 5.41) is 11.0. The van der Waals surface area contributed by atoms with E-state index in [1.165, 1.54) is 0 Å². The minimum Gasteiger partial charge on any atom is -0.480 e. The summed E-state index contributed by atoms with van der Waals surface area (Å²) in [5.41, 5.74) is -0.502. The van der Waals surface area contributed by atoms with Gasteiger partial charge in [0, 0.05) is 0 Å². The van der Waals surface area contributed by atoms with Crippen LogP contribution in [0.5, 0.6) is 0 Å². The van der Waals surface area contributed by atoms with E-state index in [1.807, 2.05) is 0 Å². The van der Waals surface area contributed by atoms with Gasteiger partial charge in [0.05, 0.1) is 5.56 Å². The number of hydrogen-bond donors (Lipinski definition) is 2. The summed E-state index contributed by atoms with van der Waals surface area (Å²) in [6.45, 7) is 1.75. The molecule has 0 aromatic heterocycles. The highest BCUT2D eigenvalue weighted by Crippen LogP contribution is 2.10. The lowest BCUT2D eigenvalue weighted by molar-refractivity contribution is -0.139. The van der Waals surface area contributed by atoms with E-state index in [4.69, 9.17) is 5.11 Å². The number of carbonyl (C=O) groups excluding carboxylic acids is 1. The first-order chi connectivity index (χ1) is 8.45. The van der Waals surface area contributed by atoms with Gasteiger partial charge < -0.3 is 10.4 Å². The normalized spacial score (nSPS) is 11.9. The molecule has 1 amide bonds. The van der Waals surface area contributed by atoms with E-state index in [1.54, 1.807) is 6.92 Å². The van der Waals surface area contributed by atoms with E-state index in [2.05, 4.69) is 5.32 Å². The molecule has 18 heavy (non-hydrogen) atoms. The van der Waals surface area contributed by atoms with Crippen LogP contribution >= 0.6 is 0 Å². The average molecular weight is 257 g/mol. The highest BCUT2D eigenvalue weighted by molar-refractivity contribution is 5.96. The van der Waals surface area contributed by atoms with E-state index in [0.717, 1.165) is 18.2 Å². The van der Waals surface area contributed by atoms with Gasteiger partial charge in [0.15, 0.2) is 0 Å². The van der Waals surface area contributed by atoms with Crippen LogP contribution in [0.25, 0.3) is 0 Å². The van der Waals surface area contributed by atoms with Gasteiger partial charge in [-0.05, 0) is 24.6 Å². The number of nitrogens with one attached hydrogen (secondary N) is 1. The van der Waals surface area contributed by atoms with Crippen molar-refractivity contribution in [3.05, 3.63) is 35.4 Å². The van der Waals surface area contributed by atoms with Crippen molar-refractivity contribution in [2.24, 2.45) is 0 Å². The lowest BCUT2D eigenvalue weighted by atomic mass is 10.1. The van der Waals surface area contributed by atoms with Crippen LogP contribution in [0.15, 0.2) is 18.2 Å². The smallest absolute Gasteiger partial charge is 0.326 e. The second kappa shape index (κ2) is 6.09.